The molecule has 1 atom stereocenters. The van der Waals surface area contributed by atoms with Gasteiger partial charge in [-0.1, -0.05) is 0 Å². The number of halogens is 1. The molecule has 5 nitrogen and oxygen atoms in total. The monoisotopic (exact) mass is 331 g/mol. The van der Waals surface area contributed by atoms with Crippen molar-refractivity contribution in [1.82, 2.24) is 5.32 Å². The normalized spacial score (nSPS) is 18.7. The SMILES string of the molecule is Cc1cc(S(=O)(=O)Cl)ccc1C(=O)NCCC1CCOC1. The second-order valence-corrected chi connectivity index (χ2v) is 7.75. The van der Waals surface area contributed by atoms with Crippen molar-refractivity contribution in [1.29, 1.82) is 0 Å². The summed E-state index contributed by atoms with van der Waals surface area (Å²) in [6.45, 7) is 3.83. The third-order valence-electron chi connectivity index (χ3n) is 3.59. The molecule has 116 valence electrons. The van der Waals surface area contributed by atoms with Crippen molar-refractivity contribution in [3.05, 3.63) is 29.3 Å². The molecule has 1 fully saturated rings. The smallest absolute Gasteiger partial charge is 0.261 e. The zero-order valence-corrected chi connectivity index (χ0v) is 13.3. The molecule has 0 radical (unpaired) electrons. The maximum atomic E-state index is 12.1. The van der Waals surface area contributed by atoms with Gasteiger partial charge in [0.15, 0.2) is 0 Å². The minimum Gasteiger partial charge on any atom is -0.381 e. The third-order valence-corrected chi connectivity index (χ3v) is 4.94. The molecular weight excluding hydrogens is 314 g/mol. The molecule has 0 aliphatic carbocycles. The molecule has 1 aromatic rings. The van der Waals surface area contributed by atoms with Crippen molar-refractivity contribution >= 4 is 25.6 Å². The van der Waals surface area contributed by atoms with E-state index in [2.05, 4.69) is 5.32 Å². The van der Waals surface area contributed by atoms with E-state index in [1.165, 1.54) is 18.2 Å². The van der Waals surface area contributed by atoms with E-state index in [0.717, 1.165) is 26.1 Å². The van der Waals surface area contributed by atoms with Gasteiger partial charge in [0.2, 0.25) is 0 Å². The van der Waals surface area contributed by atoms with Gasteiger partial charge in [-0.3, -0.25) is 4.79 Å². The molecule has 1 aliphatic heterocycles. The van der Waals surface area contributed by atoms with Gasteiger partial charge in [0.05, 0.1) is 4.90 Å². The molecular formula is C14H18ClNO4S. The van der Waals surface area contributed by atoms with Crippen molar-refractivity contribution in [3.8, 4) is 0 Å². The van der Waals surface area contributed by atoms with E-state index in [1.54, 1.807) is 6.92 Å². The zero-order chi connectivity index (χ0) is 15.5. The summed E-state index contributed by atoms with van der Waals surface area (Å²) in [6, 6.07) is 4.23. The molecule has 1 N–H and O–H groups in total. The van der Waals surface area contributed by atoms with E-state index >= 15 is 0 Å². The molecule has 0 bridgehead atoms. The van der Waals surface area contributed by atoms with Crippen LogP contribution in [0.4, 0.5) is 0 Å². The van der Waals surface area contributed by atoms with Crippen LogP contribution < -0.4 is 5.32 Å². The van der Waals surface area contributed by atoms with Gasteiger partial charge in [0.25, 0.3) is 15.0 Å². The standard InChI is InChI=1S/C14H18ClNO4S/c1-10-8-12(21(15,18)19)2-3-13(10)14(17)16-6-4-11-5-7-20-9-11/h2-3,8,11H,4-7,9H2,1H3,(H,16,17). The fourth-order valence-electron chi connectivity index (χ4n) is 2.34. The molecule has 1 aromatic carbocycles. The maximum Gasteiger partial charge on any atom is 0.261 e. The number of aryl methyl sites for hydroxylation is 1. The number of carbonyl (C=O) groups excluding carboxylic acids is 1. The van der Waals surface area contributed by atoms with Crippen molar-refractivity contribution in [3.63, 3.8) is 0 Å². The second kappa shape index (κ2) is 6.77. The Morgan fingerprint density at radius 2 is 2.24 bits per heavy atom. The van der Waals surface area contributed by atoms with Crippen LogP contribution in [0.2, 0.25) is 0 Å². The lowest BCUT2D eigenvalue weighted by Gasteiger charge is -2.10. The van der Waals surface area contributed by atoms with Crippen LogP contribution in [0.15, 0.2) is 23.1 Å². The molecule has 1 unspecified atom stereocenters. The number of benzene rings is 1. The lowest BCUT2D eigenvalue weighted by atomic mass is 10.0. The molecule has 1 aliphatic rings. The Kier molecular flexibility index (Phi) is 5.24. The maximum absolute atomic E-state index is 12.1. The summed E-state index contributed by atoms with van der Waals surface area (Å²) in [5.74, 6) is 0.306. The second-order valence-electron chi connectivity index (χ2n) is 5.19. The molecule has 21 heavy (non-hydrogen) atoms. The van der Waals surface area contributed by atoms with E-state index in [4.69, 9.17) is 15.4 Å². The molecule has 2 rings (SSSR count). The molecule has 1 amide bonds. The summed E-state index contributed by atoms with van der Waals surface area (Å²) in [4.78, 5) is 12.1. The van der Waals surface area contributed by atoms with Crippen LogP contribution in [0.5, 0.6) is 0 Å². The zero-order valence-electron chi connectivity index (χ0n) is 11.8. The highest BCUT2D eigenvalue weighted by Crippen LogP contribution is 2.19. The number of rotatable bonds is 5. The van der Waals surface area contributed by atoms with Crippen LogP contribution >= 0.6 is 10.7 Å². The van der Waals surface area contributed by atoms with Crippen molar-refractivity contribution in [2.24, 2.45) is 5.92 Å². The molecule has 7 heteroatoms. The van der Waals surface area contributed by atoms with Gasteiger partial charge in [0, 0.05) is 36.0 Å². The van der Waals surface area contributed by atoms with Gasteiger partial charge in [-0.15, -0.1) is 0 Å². The van der Waals surface area contributed by atoms with E-state index in [0.29, 0.717) is 23.6 Å². The first-order valence-corrected chi connectivity index (χ1v) is 9.10. The van der Waals surface area contributed by atoms with Gasteiger partial charge in [-0.2, -0.15) is 0 Å². The van der Waals surface area contributed by atoms with Crippen molar-refractivity contribution in [2.45, 2.75) is 24.7 Å². The summed E-state index contributed by atoms with van der Waals surface area (Å²) < 4.78 is 27.8. The molecule has 0 aromatic heterocycles. The topological polar surface area (TPSA) is 72.5 Å². The van der Waals surface area contributed by atoms with Crippen LogP contribution in [-0.4, -0.2) is 34.1 Å². The molecule has 0 saturated carbocycles. The highest BCUT2D eigenvalue weighted by atomic mass is 35.7. The Morgan fingerprint density at radius 3 is 2.81 bits per heavy atom. The van der Waals surface area contributed by atoms with Gasteiger partial charge in [-0.25, -0.2) is 8.42 Å². The first kappa shape index (κ1) is 16.3. The fraction of sp³-hybridized carbons (Fsp3) is 0.500. The highest BCUT2D eigenvalue weighted by molar-refractivity contribution is 8.13. The van der Waals surface area contributed by atoms with E-state index < -0.39 is 9.05 Å². The first-order valence-electron chi connectivity index (χ1n) is 6.79. The Bertz CT molecular complexity index is 624. The summed E-state index contributed by atoms with van der Waals surface area (Å²) in [5, 5.41) is 2.85. The van der Waals surface area contributed by atoms with Crippen LogP contribution in [0.3, 0.4) is 0 Å². The van der Waals surface area contributed by atoms with Crippen LogP contribution in [0, 0.1) is 12.8 Å². The van der Waals surface area contributed by atoms with E-state index in [9.17, 15) is 13.2 Å². The number of nitrogens with one attached hydrogen (secondary N) is 1. The summed E-state index contributed by atoms with van der Waals surface area (Å²) in [5.41, 5.74) is 1.04. The third kappa shape index (κ3) is 4.43. The predicted molar refractivity (Wildman–Crippen MR) is 80.1 cm³/mol. The van der Waals surface area contributed by atoms with Gasteiger partial charge in [0.1, 0.15) is 0 Å². The van der Waals surface area contributed by atoms with E-state index in [1.807, 2.05) is 0 Å². The lowest BCUT2D eigenvalue weighted by Crippen LogP contribution is -2.26. The number of ether oxygens (including phenoxy) is 1. The van der Waals surface area contributed by atoms with E-state index in [-0.39, 0.29) is 10.8 Å². The molecule has 1 saturated heterocycles. The Morgan fingerprint density at radius 1 is 1.48 bits per heavy atom. The Hall–Kier alpha value is -1.11. The van der Waals surface area contributed by atoms with Crippen molar-refractivity contribution < 1.29 is 17.9 Å². The van der Waals surface area contributed by atoms with Gasteiger partial charge in [-0.05, 0) is 49.4 Å². The Labute approximate surface area is 129 Å². The lowest BCUT2D eigenvalue weighted by molar-refractivity contribution is 0.0949. The van der Waals surface area contributed by atoms with Gasteiger partial charge < -0.3 is 10.1 Å². The predicted octanol–water partition coefficient (Wildman–Crippen LogP) is 2.08. The van der Waals surface area contributed by atoms with Crippen LogP contribution in [0.1, 0.15) is 28.8 Å². The minimum absolute atomic E-state index is 0.00122. The number of hydrogen-bond donors (Lipinski definition) is 1. The van der Waals surface area contributed by atoms with Crippen molar-refractivity contribution in [2.75, 3.05) is 19.8 Å². The molecule has 1 heterocycles. The number of hydrogen-bond acceptors (Lipinski definition) is 4. The van der Waals surface area contributed by atoms with Crippen LogP contribution in [0.25, 0.3) is 0 Å². The highest BCUT2D eigenvalue weighted by Gasteiger charge is 2.17. The summed E-state index contributed by atoms with van der Waals surface area (Å²) >= 11 is 0. The summed E-state index contributed by atoms with van der Waals surface area (Å²) in [7, 11) is 1.51. The Balaban J connectivity index is 1.95. The average molecular weight is 332 g/mol. The minimum atomic E-state index is -3.77. The number of carbonyl (C=O) groups is 1. The van der Waals surface area contributed by atoms with Gasteiger partial charge >= 0.3 is 0 Å². The quantitative estimate of drug-likeness (QED) is 0.838. The fourth-order valence-corrected chi connectivity index (χ4v) is 3.17. The molecule has 0 spiro atoms. The summed E-state index contributed by atoms with van der Waals surface area (Å²) in [6.07, 6.45) is 1.93. The van der Waals surface area contributed by atoms with Crippen LogP contribution in [-0.2, 0) is 13.8 Å². The number of amides is 1. The largest absolute Gasteiger partial charge is 0.381 e. The average Bonchev–Trinajstić information content (AvgIpc) is 2.90. The first-order chi connectivity index (χ1) is 9.88.